The van der Waals surface area contributed by atoms with Crippen LogP contribution in [0, 0.1) is 0 Å². The number of benzene rings is 1. The second-order valence-corrected chi connectivity index (χ2v) is 5.12. The molecule has 2 rings (SSSR count). The Bertz CT molecular complexity index is 533. The summed E-state index contributed by atoms with van der Waals surface area (Å²) in [4.78, 5) is 4.59. The van der Waals surface area contributed by atoms with E-state index in [1.54, 1.807) is 0 Å². The summed E-state index contributed by atoms with van der Waals surface area (Å²) in [5.41, 5.74) is 0.460. The Labute approximate surface area is 86.7 Å². The lowest BCUT2D eigenvalue weighted by Crippen LogP contribution is -2.09. The molecule has 0 spiro atoms. The smallest absolute Gasteiger partial charge is 0.205 e. The second-order valence-electron chi connectivity index (χ2n) is 3.15. The Morgan fingerprint density at radius 2 is 2.13 bits per heavy atom. The summed E-state index contributed by atoms with van der Waals surface area (Å²) < 4.78 is 23.6. The predicted molar refractivity (Wildman–Crippen MR) is 53.4 cm³/mol. The summed E-state index contributed by atoms with van der Waals surface area (Å²) in [6, 6.07) is 4.08. The number of hydrogen-bond donors (Lipinski definition) is 2. The number of sulfone groups is 1. The summed E-state index contributed by atoms with van der Waals surface area (Å²) in [6.07, 6.45) is 1.44. The lowest BCUT2D eigenvalue weighted by atomic mass is 10.2. The van der Waals surface area contributed by atoms with Gasteiger partial charge in [0.25, 0.3) is 0 Å². The first kappa shape index (κ1) is 10.2. The maximum Gasteiger partial charge on any atom is 0.205 e. The fourth-order valence-electron chi connectivity index (χ4n) is 1.49. The first-order chi connectivity index (χ1) is 7.05. The van der Waals surface area contributed by atoms with Crippen molar-refractivity contribution in [3.8, 4) is 5.75 Å². The Kier molecular flexibility index (Phi) is 2.26. The van der Waals surface area contributed by atoms with Gasteiger partial charge in [-0.1, -0.05) is 0 Å². The van der Waals surface area contributed by atoms with E-state index in [-0.39, 0.29) is 22.2 Å². The number of aromatic hydroxyl groups is 1. The highest BCUT2D eigenvalue weighted by atomic mass is 32.2. The zero-order chi connectivity index (χ0) is 11.1. The molecule has 0 bridgehead atoms. The molecule has 0 unspecified atom stereocenters. The summed E-state index contributed by atoms with van der Waals surface area (Å²) >= 11 is 0. The van der Waals surface area contributed by atoms with E-state index in [2.05, 4.69) is 4.84 Å². The average molecular weight is 227 g/mol. The molecule has 1 aromatic carbocycles. The molecule has 0 radical (unpaired) electrons. The molecule has 3 N–H and O–H groups in total. The normalized spacial score (nSPS) is 17.3. The number of nitrogens with two attached hydrogens (primary N) is 1. The fraction of sp³-hybridized carbons (Fsp3) is 0.111. The molecular formula is C9H9NO4S. The maximum absolute atomic E-state index is 11.8. The summed E-state index contributed by atoms with van der Waals surface area (Å²) in [6.45, 7) is -0.169. The van der Waals surface area contributed by atoms with Crippen LogP contribution in [-0.2, 0) is 14.7 Å². The van der Waals surface area contributed by atoms with Gasteiger partial charge in [-0.05, 0) is 29.8 Å². The zero-order valence-electron chi connectivity index (χ0n) is 7.67. The van der Waals surface area contributed by atoms with Crippen LogP contribution in [0.5, 0.6) is 5.75 Å². The van der Waals surface area contributed by atoms with Crippen LogP contribution in [0.2, 0.25) is 0 Å². The standard InChI is InChI=1S/C9H9NO4S/c10-14-5-8-4-6-3-7(11)1-2-9(6)15(8,12)13/h1-4,11H,5,10H2. The largest absolute Gasteiger partial charge is 0.508 e. The van der Waals surface area contributed by atoms with Crippen molar-refractivity contribution in [2.24, 2.45) is 5.90 Å². The van der Waals surface area contributed by atoms with Crippen molar-refractivity contribution in [1.82, 2.24) is 0 Å². The zero-order valence-corrected chi connectivity index (χ0v) is 8.49. The van der Waals surface area contributed by atoms with Crippen LogP contribution in [0.1, 0.15) is 5.56 Å². The van der Waals surface area contributed by atoms with Gasteiger partial charge in [0.1, 0.15) is 12.4 Å². The summed E-state index contributed by atoms with van der Waals surface area (Å²) in [5, 5.41) is 9.20. The Hall–Kier alpha value is -1.37. The molecule has 6 heteroatoms. The van der Waals surface area contributed by atoms with Gasteiger partial charge >= 0.3 is 0 Å². The van der Waals surface area contributed by atoms with Gasteiger partial charge in [0.15, 0.2) is 0 Å². The van der Waals surface area contributed by atoms with Crippen LogP contribution in [-0.4, -0.2) is 20.1 Å². The Balaban J connectivity index is 2.58. The van der Waals surface area contributed by atoms with Gasteiger partial charge < -0.3 is 5.11 Å². The van der Waals surface area contributed by atoms with Gasteiger partial charge in [-0.25, -0.2) is 14.3 Å². The van der Waals surface area contributed by atoms with Crippen molar-refractivity contribution in [3.63, 3.8) is 0 Å². The van der Waals surface area contributed by atoms with Crippen molar-refractivity contribution >= 4 is 15.9 Å². The molecule has 0 atom stereocenters. The van der Waals surface area contributed by atoms with Gasteiger partial charge in [0.05, 0.1) is 9.80 Å². The third-order valence-corrected chi connectivity index (χ3v) is 4.05. The molecule has 1 heterocycles. The Morgan fingerprint density at radius 3 is 2.80 bits per heavy atom. The van der Waals surface area contributed by atoms with Crippen LogP contribution < -0.4 is 5.90 Å². The average Bonchev–Trinajstić information content (AvgIpc) is 2.39. The molecule has 1 aliphatic heterocycles. The van der Waals surface area contributed by atoms with Crippen LogP contribution in [0.3, 0.4) is 0 Å². The summed E-state index contributed by atoms with van der Waals surface area (Å²) in [5.74, 6) is 4.86. The first-order valence-electron chi connectivity index (χ1n) is 4.16. The van der Waals surface area contributed by atoms with Crippen molar-refractivity contribution in [2.45, 2.75) is 4.90 Å². The molecule has 0 aromatic heterocycles. The number of fused-ring (bicyclic) bond motifs is 1. The maximum atomic E-state index is 11.8. The molecule has 0 saturated heterocycles. The number of phenols is 1. The third-order valence-electron chi connectivity index (χ3n) is 2.17. The van der Waals surface area contributed by atoms with E-state index < -0.39 is 9.84 Å². The van der Waals surface area contributed by atoms with Gasteiger partial charge in [0, 0.05) is 0 Å². The van der Waals surface area contributed by atoms with Gasteiger partial charge in [-0.3, -0.25) is 4.84 Å². The van der Waals surface area contributed by atoms with Crippen molar-refractivity contribution in [3.05, 3.63) is 28.7 Å². The minimum absolute atomic E-state index is 0.0233. The van der Waals surface area contributed by atoms with Gasteiger partial charge in [0.2, 0.25) is 9.84 Å². The van der Waals surface area contributed by atoms with E-state index in [9.17, 15) is 13.5 Å². The Morgan fingerprint density at radius 1 is 1.40 bits per heavy atom. The molecule has 0 aliphatic carbocycles. The molecule has 0 saturated carbocycles. The fourth-order valence-corrected chi connectivity index (χ4v) is 2.95. The van der Waals surface area contributed by atoms with Crippen molar-refractivity contribution < 1.29 is 18.4 Å². The van der Waals surface area contributed by atoms with E-state index in [0.29, 0.717) is 5.56 Å². The van der Waals surface area contributed by atoms with E-state index >= 15 is 0 Å². The predicted octanol–water partition coefficient (Wildman–Crippen LogP) is 0.411. The van der Waals surface area contributed by atoms with Crippen LogP contribution in [0.25, 0.3) is 6.08 Å². The van der Waals surface area contributed by atoms with E-state index in [0.717, 1.165) is 0 Å². The van der Waals surface area contributed by atoms with Gasteiger partial charge in [-0.2, -0.15) is 0 Å². The van der Waals surface area contributed by atoms with E-state index in [1.807, 2.05) is 0 Å². The molecule has 15 heavy (non-hydrogen) atoms. The minimum atomic E-state index is -3.48. The lowest BCUT2D eigenvalue weighted by molar-refractivity contribution is 0.166. The molecule has 1 aliphatic rings. The van der Waals surface area contributed by atoms with Crippen molar-refractivity contribution in [2.75, 3.05) is 6.61 Å². The second kappa shape index (κ2) is 3.34. The van der Waals surface area contributed by atoms with E-state index in [1.165, 1.54) is 24.3 Å². The molecule has 0 amide bonds. The number of phenolic OH excluding ortho intramolecular Hbond substituents is 1. The van der Waals surface area contributed by atoms with Gasteiger partial charge in [-0.15, -0.1) is 0 Å². The minimum Gasteiger partial charge on any atom is -0.508 e. The van der Waals surface area contributed by atoms with E-state index in [4.69, 9.17) is 5.90 Å². The molecule has 80 valence electrons. The highest BCUT2D eigenvalue weighted by Crippen LogP contribution is 2.34. The topological polar surface area (TPSA) is 89.6 Å². The third kappa shape index (κ3) is 1.52. The number of hydrogen-bond acceptors (Lipinski definition) is 5. The highest BCUT2D eigenvalue weighted by Gasteiger charge is 2.29. The number of rotatable bonds is 2. The quantitative estimate of drug-likeness (QED) is 0.714. The van der Waals surface area contributed by atoms with Crippen LogP contribution in [0.15, 0.2) is 28.0 Å². The molecule has 1 aromatic rings. The highest BCUT2D eigenvalue weighted by molar-refractivity contribution is 7.95. The van der Waals surface area contributed by atoms with Crippen LogP contribution in [0.4, 0.5) is 0 Å². The SMILES string of the molecule is NOCC1=Cc2cc(O)ccc2S1(=O)=O. The monoisotopic (exact) mass is 227 g/mol. The molecule has 0 fully saturated rings. The van der Waals surface area contributed by atoms with Crippen LogP contribution >= 0.6 is 0 Å². The first-order valence-corrected chi connectivity index (χ1v) is 5.64. The molecule has 5 nitrogen and oxygen atoms in total. The lowest BCUT2D eigenvalue weighted by Gasteiger charge is -2.01. The van der Waals surface area contributed by atoms with Crippen molar-refractivity contribution in [1.29, 1.82) is 0 Å². The molecular weight excluding hydrogens is 218 g/mol. The summed E-state index contributed by atoms with van der Waals surface area (Å²) in [7, 11) is -3.48.